The lowest BCUT2D eigenvalue weighted by molar-refractivity contribution is 0.0921. The fraction of sp³-hybridized carbons (Fsp3) is 0.214. The zero-order valence-electron chi connectivity index (χ0n) is 10.6. The van der Waals surface area contributed by atoms with Gasteiger partial charge >= 0.3 is 0 Å². The van der Waals surface area contributed by atoms with E-state index < -0.39 is 0 Å². The third-order valence-corrected chi connectivity index (χ3v) is 2.41. The summed E-state index contributed by atoms with van der Waals surface area (Å²) in [6.45, 7) is 2.25. The van der Waals surface area contributed by atoms with Crippen LogP contribution in [0.1, 0.15) is 17.4 Å². The predicted octanol–water partition coefficient (Wildman–Crippen LogP) is 1.67. The van der Waals surface area contributed by atoms with Crippen LogP contribution in [0, 0.1) is 0 Å². The average Bonchev–Trinajstić information content (AvgIpc) is 2.47. The standard InChI is InChI=1S/C14H15N3O2/c1-11(10-19-12-5-4-7-15-9-12)17-14(18)13-6-2-3-8-16-13/h2-9,11H,10H2,1H3,(H,17,18). The molecule has 2 aromatic rings. The van der Waals surface area contributed by atoms with Crippen molar-refractivity contribution in [2.24, 2.45) is 0 Å². The van der Waals surface area contributed by atoms with Crippen LogP contribution < -0.4 is 10.1 Å². The summed E-state index contributed by atoms with van der Waals surface area (Å²) in [6, 6.07) is 8.72. The molecule has 2 heterocycles. The molecule has 0 bridgehead atoms. The minimum atomic E-state index is -0.206. The number of aromatic nitrogens is 2. The fourth-order valence-electron chi connectivity index (χ4n) is 1.49. The molecular weight excluding hydrogens is 242 g/mol. The van der Waals surface area contributed by atoms with Crippen LogP contribution in [0.25, 0.3) is 0 Å². The monoisotopic (exact) mass is 257 g/mol. The van der Waals surface area contributed by atoms with E-state index in [0.717, 1.165) is 0 Å². The van der Waals surface area contributed by atoms with Gasteiger partial charge in [-0.25, -0.2) is 0 Å². The van der Waals surface area contributed by atoms with Crippen LogP contribution in [-0.2, 0) is 0 Å². The van der Waals surface area contributed by atoms with Crippen LogP contribution >= 0.6 is 0 Å². The lowest BCUT2D eigenvalue weighted by Crippen LogP contribution is -2.37. The van der Waals surface area contributed by atoms with E-state index in [9.17, 15) is 4.79 Å². The summed E-state index contributed by atoms with van der Waals surface area (Å²) < 4.78 is 5.51. The lowest BCUT2D eigenvalue weighted by Gasteiger charge is -2.14. The number of carbonyl (C=O) groups excluding carboxylic acids is 1. The molecule has 0 aliphatic rings. The number of ether oxygens (including phenoxy) is 1. The fourth-order valence-corrected chi connectivity index (χ4v) is 1.49. The van der Waals surface area contributed by atoms with E-state index in [1.54, 1.807) is 42.9 Å². The molecule has 1 atom stereocenters. The van der Waals surface area contributed by atoms with E-state index in [-0.39, 0.29) is 11.9 Å². The molecule has 0 aliphatic heterocycles. The Labute approximate surface area is 111 Å². The van der Waals surface area contributed by atoms with E-state index in [2.05, 4.69) is 15.3 Å². The number of pyridine rings is 2. The highest BCUT2D eigenvalue weighted by Crippen LogP contribution is 2.06. The predicted molar refractivity (Wildman–Crippen MR) is 70.9 cm³/mol. The molecule has 19 heavy (non-hydrogen) atoms. The van der Waals surface area contributed by atoms with Crippen LogP contribution in [0.3, 0.4) is 0 Å². The van der Waals surface area contributed by atoms with Gasteiger partial charge in [0.2, 0.25) is 0 Å². The maximum atomic E-state index is 11.8. The maximum Gasteiger partial charge on any atom is 0.270 e. The second-order valence-electron chi connectivity index (χ2n) is 4.09. The van der Waals surface area contributed by atoms with Gasteiger partial charge in [0.25, 0.3) is 5.91 Å². The van der Waals surface area contributed by atoms with Gasteiger partial charge in [0.15, 0.2) is 0 Å². The third kappa shape index (κ3) is 4.06. The van der Waals surface area contributed by atoms with Crippen molar-refractivity contribution < 1.29 is 9.53 Å². The quantitative estimate of drug-likeness (QED) is 0.885. The molecule has 5 heteroatoms. The number of carbonyl (C=O) groups is 1. The van der Waals surface area contributed by atoms with Gasteiger partial charge in [-0.3, -0.25) is 14.8 Å². The molecule has 0 aliphatic carbocycles. The zero-order chi connectivity index (χ0) is 13.5. The third-order valence-electron chi connectivity index (χ3n) is 2.41. The van der Waals surface area contributed by atoms with E-state index in [1.165, 1.54) is 0 Å². The number of hydrogen-bond donors (Lipinski definition) is 1. The van der Waals surface area contributed by atoms with Crippen LogP contribution in [-0.4, -0.2) is 28.5 Å². The number of nitrogens with one attached hydrogen (secondary N) is 1. The Balaban J connectivity index is 1.81. The zero-order valence-corrected chi connectivity index (χ0v) is 10.6. The van der Waals surface area contributed by atoms with Crippen molar-refractivity contribution in [3.05, 3.63) is 54.6 Å². The molecule has 2 aromatic heterocycles. The Morgan fingerprint density at radius 1 is 1.32 bits per heavy atom. The second kappa shape index (κ2) is 6.49. The van der Waals surface area contributed by atoms with Gasteiger partial charge < -0.3 is 10.1 Å². The summed E-state index contributed by atoms with van der Waals surface area (Å²) in [5.74, 6) is 0.476. The number of rotatable bonds is 5. The first-order valence-corrected chi connectivity index (χ1v) is 6.00. The van der Waals surface area contributed by atoms with Crippen LogP contribution in [0.15, 0.2) is 48.9 Å². The molecule has 5 nitrogen and oxygen atoms in total. The maximum absolute atomic E-state index is 11.8. The minimum Gasteiger partial charge on any atom is -0.490 e. The van der Waals surface area contributed by atoms with Crippen LogP contribution in [0.2, 0.25) is 0 Å². The van der Waals surface area contributed by atoms with Crippen LogP contribution in [0.4, 0.5) is 0 Å². The van der Waals surface area contributed by atoms with Gasteiger partial charge in [0.1, 0.15) is 18.1 Å². The van der Waals surface area contributed by atoms with Crippen molar-refractivity contribution >= 4 is 5.91 Å². The Bertz CT molecular complexity index is 517. The van der Waals surface area contributed by atoms with Crippen molar-refractivity contribution in [3.8, 4) is 5.75 Å². The molecule has 1 N–H and O–H groups in total. The minimum absolute atomic E-state index is 0.116. The SMILES string of the molecule is CC(COc1cccnc1)NC(=O)c1ccccn1. The normalized spacial score (nSPS) is 11.6. The Morgan fingerprint density at radius 2 is 2.21 bits per heavy atom. The second-order valence-corrected chi connectivity index (χ2v) is 4.09. The molecule has 1 unspecified atom stereocenters. The summed E-state index contributed by atoms with van der Waals surface area (Å²) in [7, 11) is 0. The highest BCUT2D eigenvalue weighted by molar-refractivity contribution is 5.92. The van der Waals surface area contributed by atoms with Crippen molar-refractivity contribution in [2.45, 2.75) is 13.0 Å². The van der Waals surface area contributed by atoms with E-state index in [1.807, 2.05) is 13.0 Å². The van der Waals surface area contributed by atoms with E-state index >= 15 is 0 Å². The first-order valence-electron chi connectivity index (χ1n) is 6.00. The Hall–Kier alpha value is -2.43. The van der Waals surface area contributed by atoms with Gasteiger partial charge in [0, 0.05) is 12.4 Å². The van der Waals surface area contributed by atoms with Gasteiger partial charge in [-0.1, -0.05) is 6.07 Å². The molecular formula is C14H15N3O2. The first kappa shape index (κ1) is 13.0. The molecule has 0 fully saturated rings. The largest absolute Gasteiger partial charge is 0.490 e. The van der Waals surface area contributed by atoms with Gasteiger partial charge in [-0.05, 0) is 31.2 Å². The van der Waals surface area contributed by atoms with Crippen molar-refractivity contribution in [1.82, 2.24) is 15.3 Å². The topological polar surface area (TPSA) is 64.1 Å². The highest BCUT2D eigenvalue weighted by atomic mass is 16.5. The number of hydrogen-bond acceptors (Lipinski definition) is 4. The molecule has 0 aromatic carbocycles. The van der Waals surface area contributed by atoms with Gasteiger partial charge in [-0.15, -0.1) is 0 Å². The smallest absolute Gasteiger partial charge is 0.270 e. The van der Waals surface area contributed by atoms with E-state index in [0.29, 0.717) is 18.1 Å². The summed E-state index contributed by atoms with van der Waals surface area (Å²) >= 11 is 0. The summed E-state index contributed by atoms with van der Waals surface area (Å²) in [6.07, 6.45) is 4.90. The van der Waals surface area contributed by atoms with E-state index in [4.69, 9.17) is 4.74 Å². The number of nitrogens with zero attached hydrogens (tertiary/aromatic N) is 2. The van der Waals surface area contributed by atoms with Gasteiger partial charge in [-0.2, -0.15) is 0 Å². The molecule has 0 saturated heterocycles. The summed E-state index contributed by atoms with van der Waals surface area (Å²) in [4.78, 5) is 19.8. The highest BCUT2D eigenvalue weighted by Gasteiger charge is 2.10. The summed E-state index contributed by atoms with van der Waals surface area (Å²) in [5.41, 5.74) is 0.399. The molecule has 0 spiro atoms. The molecule has 0 saturated carbocycles. The lowest BCUT2D eigenvalue weighted by atomic mass is 10.3. The van der Waals surface area contributed by atoms with Crippen LogP contribution in [0.5, 0.6) is 5.75 Å². The van der Waals surface area contributed by atoms with Crippen molar-refractivity contribution in [3.63, 3.8) is 0 Å². The van der Waals surface area contributed by atoms with Gasteiger partial charge in [0.05, 0.1) is 12.2 Å². The Kier molecular flexibility index (Phi) is 4.44. The molecule has 2 rings (SSSR count). The number of amides is 1. The first-order chi connectivity index (χ1) is 9.25. The molecule has 0 radical (unpaired) electrons. The average molecular weight is 257 g/mol. The van der Waals surface area contributed by atoms with Crippen molar-refractivity contribution in [2.75, 3.05) is 6.61 Å². The molecule has 1 amide bonds. The van der Waals surface area contributed by atoms with Crippen molar-refractivity contribution in [1.29, 1.82) is 0 Å². The Morgan fingerprint density at radius 3 is 2.89 bits per heavy atom. The summed E-state index contributed by atoms with van der Waals surface area (Å²) in [5, 5.41) is 2.82. The molecule has 98 valence electrons.